The van der Waals surface area contributed by atoms with Gasteiger partial charge in [-0.1, -0.05) is 18.2 Å². The van der Waals surface area contributed by atoms with Crippen molar-refractivity contribution in [1.82, 2.24) is 10.4 Å². The van der Waals surface area contributed by atoms with Gasteiger partial charge in [0.05, 0.1) is 12.6 Å². The Labute approximate surface area is 112 Å². The quantitative estimate of drug-likeness (QED) is 0.649. The van der Waals surface area contributed by atoms with E-state index in [0.29, 0.717) is 0 Å². The summed E-state index contributed by atoms with van der Waals surface area (Å²) in [4.78, 5) is 4.22. The van der Waals surface area contributed by atoms with Crippen LogP contribution in [0.1, 0.15) is 28.4 Å². The molecule has 0 radical (unpaired) electrons. The van der Waals surface area contributed by atoms with E-state index in [2.05, 4.69) is 28.6 Å². The van der Waals surface area contributed by atoms with Crippen molar-refractivity contribution in [3.05, 3.63) is 58.9 Å². The Morgan fingerprint density at radius 3 is 3.05 bits per heavy atom. The number of hydrogen-bond acceptors (Lipinski definition) is 4. The fraction of sp³-hybridized carbons (Fsp3) is 0.267. The first-order chi connectivity index (χ1) is 9.29. The molecule has 4 heteroatoms. The topological polar surface area (TPSA) is 60.2 Å². The molecule has 0 aliphatic carbocycles. The molecule has 0 fully saturated rings. The molecule has 3 N–H and O–H groups in total. The molecule has 0 spiro atoms. The Morgan fingerprint density at radius 2 is 2.26 bits per heavy atom. The van der Waals surface area contributed by atoms with Crippen molar-refractivity contribution in [3.8, 4) is 5.75 Å². The van der Waals surface area contributed by atoms with Crippen LogP contribution in [0.5, 0.6) is 5.75 Å². The van der Waals surface area contributed by atoms with Crippen molar-refractivity contribution in [3.63, 3.8) is 0 Å². The number of nitrogens with two attached hydrogens (primary N) is 1. The zero-order valence-electron chi connectivity index (χ0n) is 10.9. The van der Waals surface area contributed by atoms with Crippen LogP contribution in [0.25, 0.3) is 0 Å². The van der Waals surface area contributed by atoms with E-state index in [1.807, 2.05) is 19.1 Å². The van der Waals surface area contributed by atoms with Crippen LogP contribution in [0.4, 0.5) is 0 Å². The number of rotatable bonds is 3. The number of pyridine rings is 1. The van der Waals surface area contributed by atoms with E-state index < -0.39 is 0 Å². The van der Waals surface area contributed by atoms with Crippen LogP contribution in [0, 0.1) is 6.92 Å². The molecule has 0 amide bonds. The molecule has 1 atom stereocenters. The number of hydrazine groups is 1. The van der Waals surface area contributed by atoms with E-state index >= 15 is 0 Å². The number of para-hydroxylation sites is 1. The van der Waals surface area contributed by atoms with E-state index in [1.165, 1.54) is 5.56 Å². The molecule has 98 valence electrons. The third-order valence-electron chi connectivity index (χ3n) is 3.48. The molecular weight excluding hydrogens is 238 g/mol. The zero-order valence-corrected chi connectivity index (χ0v) is 10.9. The Kier molecular flexibility index (Phi) is 3.19. The van der Waals surface area contributed by atoms with Crippen molar-refractivity contribution in [2.75, 3.05) is 6.61 Å². The summed E-state index contributed by atoms with van der Waals surface area (Å²) in [6.45, 7) is 2.72. The van der Waals surface area contributed by atoms with Crippen molar-refractivity contribution in [2.45, 2.75) is 19.4 Å². The average Bonchev–Trinajstić information content (AvgIpc) is 2.89. The molecule has 3 rings (SSSR count). The van der Waals surface area contributed by atoms with Gasteiger partial charge in [-0.15, -0.1) is 0 Å². The van der Waals surface area contributed by atoms with Gasteiger partial charge in [-0.2, -0.15) is 0 Å². The molecule has 1 aliphatic heterocycles. The SMILES string of the molecule is Cc1cc(C(NN)c2cccc3c2OCC3)ccn1. The predicted molar refractivity (Wildman–Crippen MR) is 73.8 cm³/mol. The van der Waals surface area contributed by atoms with Gasteiger partial charge in [0.25, 0.3) is 0 Å². The lowest BCUT2D eigenvalue weighted by atomic mass is 9.96. The van der Waals surface area contributed by atoms with Gasteiger partial charge in [-0.3, -0.25) is 10.8 Å². The molecular formula is C15H17N3O. The van der Waals surface area contributed by atoms with Gasteiger partial charge in [-0.25, -0.2) is 5.43 Å². The maximum atomic E-state index is 5.76. The fourth-order valence-electron chi connectivity index (χ4n) is 2.58. The van der Waals surface area contributed by atoms with Crippen LogP contribution < -0.4 is 16.0 Å². The Bertz CT molecular complexity index is 598. The smallest absolute Gasteiger partial charge is 0.127 e. The number of ether oxygens (including phenoxy) is 1. The van der Waals surface area contributed by atoms with E-state index in [4.69, 9.17) is 10.6 Å². The number of fused-ring (bicyclic) bond motifs is 1. The van der Waals surface area contributed by atoms with Crippen LogP contribution in [-0.4, -0.2) is 11.6 Å². The monoisotopic (exact) mass is 255 g/mol. The molecule has 2 heterocycles. The van der Waals surface area contributed by atoms with E-state index in [-0.39, 0.29) is 6.04 Å². The largest absolute Gasteiger partial charge is 0.493 e. The molecule has 19 heavy (non-hydrogen) atoms. The number of aromatic nitrogens is 1. The highest BCUT2D eigenvalue weighted by Gasteiger charge is 2.22. The van der Waals surface area contributed by atoms with Gasteiger partial charge in [0.1, 0.15) is 5.75 Å². The van der Waals surface area contributed by atoms with Gasteiger partial charge >= 0.3 is 0 Å². The first-order valence-corrected chi connectivity index (χ1v) is 6.43. The second kappa shape index (κ2) is 4.99. The van der Waals surface area contributed by atoms with Crippen LogP contribution in [0.3, 0.4) is 0 Å². The van der Waals surface area contributed by atoms with Crippen LogP contribution >= 0.6 is 0 Å². The Hall–Kier alpha value is -1.91. The lowest BCUT2D eigenvalue weighted by molar-refractivity contribution is 0.350. The highest BCUT2D eigenvalue weighted by molar-refractivity contribution is 5.48. The summed E-state index contributed by atoms with van der Waals surface area (Å²) < 4.78 is 5.75. The highest BCUT2D eigenvalue weighted by Crippen LogP contribution is 2.35. The minimum Gasteiger partial charge on any atom is -0.493 e. The van der Waals surface area contributed by atoms with Gasteiger partial charge in [0, 0.05) is 23.9 Å². The number of nitrogens with zero attached hydrogens (tertiary/aromatic N) is 1. The minimum absolute atomic E-state index is 0.0743. The van der Waals surface area contributed by atoms with Gasteiger partial charge in [0.2, 0.25) is 0 Å². The van der Waals surface area contributed by atoms with Crippen molar-refractivity contribution >= 4 is 0 Å². The van der Waals surface area contributed by atoms with E-state index in [9.17, 15) is 0 Å². The average molecular weight is 255 g/mol. The van der Waals surface area contributed by atoms with E-state index in [1.54, 1.807) is 6.20 Å². The lowest BCUT2D eigenvalue weighted by Gasteiger charge is -2.19. The first-order valence-electron chi connectivity index (χ1n) is 6.43. The summed E-state index contributed by atoms with van der Waals surface area (Å²) in [6, 6.07) is 10.2. The van der Waals surface area contributed by atoms with Crippen molar-refractivity contribution in [2.24, 2.45) is 5.84 Å². The summed E-state index contributed by atoms with van der Waals surface area (Å²) >= 11 is 0. The zero-order chi connectivity index (χ0) is 13.2. The van der Waals surface area contributed by atoms with Crippen molar-refractivity contribution in [1.29, 1.82) is 0 Å². The minimum atomic E-state index is -0.0743. The molecule has 0 saturated heterocycles. The molecule has 4 nitrogen and oxygen atoms in total. The fourth-order valence-corrected chi connectivity index (χ4v) is 2.58. The summed E-state index contributed by atoms with van der Waals surface area (Å²) in [7, 11) is 0. The number of aryl methyl sites for hydroxylation is 1. The number of hydrogen-bond donors (Lipinski definition) is 2. The highest BCUT2D eigenvalue weighted by atomic mass is 16.5. The van der Waals surface area contributed by atoms with Gasteiger partial charge in [0.15, 0.2) is 0 Å². The molecule has 1 aromatic carbocycles. The van der Waals surface area contributed by atoms with Gasteiger partial charge < -0.3 is 4.74 Å². The second-order valence-electron chi connectivity index (χ2n) is 4.76. The maximum absolute atomic E-state index is 5.76. The van der Waals surface area contributed by atoms with E-state index in [0.717, 1.165) is 35.6 Å². The molecule has 1 unspecified atom stereocenters. The van der Waals surface area contributed by atoms with Crippen LogP contribution in [0.2, 0.25) is 0 Å². The maximum Gasteiger partial charge on any atom is 0.127 e. The second-order valence-corrected chi connectivity index (χ2v) is 4.76. The molecule has 0 bridgehead atoms. The van der Waals surface area contributed by atoms with Crippen LogP contribution in [-0.2, 0) is 6.42 Å². The summed E-state index contributed by atoms with van der Waals surface area (Å²) in [5.74, 6) is 6.73. The lowest BCUT2D eigenvalue weighted by Crippen LogP contribution is -2.29. The molecule has 2 aromatic rings. The summed E-state index contributed by atoms with van der Waals surface area (Å²) in [5, 5.41) is 0. The standard InChI is InChI=1S/C15H17N3O/c1-10-9-12(5-7-17-10)14(18-16)13-4-2-3-11-6-8-19-15(11)13/h2-5,7,9,14,18H,6,8,16H2,1H3. The Balaban J connectivity index is 2.06. The first kappa shape index (κ1) is 12.1. The van der Waals surface area contributed by atoms with Gasteiger partial charge in [-0.05, 0) is 30.2 Å². The Morgan fingerprint density at radius 1 is 1.37 bits per heavy atom. The summed E-state index contributed by atoms with van der Waals surface area (Å²) in [6.07, 6.45) is 2.77. The molecule has 1 aromatic heterocycles. The number of benzene rings is 1. The third-order valence-corrected chi connectivity index (χ3v) is 3.48. The molecule has 1 aliphatic rings. The number of nitrogens with one attached hydrogen (secondary N) is 1. The predicted octanol–water partition coefficient (Wildman–Crippen LogP) is 1.88. The molecule has 0 saturated carbocycles. The van der Waals surface area contributed by atoms with Crippen LogP contribution in [0.15, 0.2) is 36.5 Å². The third kappa shape index (κ3) is 2.20. The summed E-state index contributed by atoms with van der Waals surface area (Å²) in [5.41, 5.74) is 7.30. The van der Waals surface area contributed by atoms with Crippen molar-refractivity contribution < 1.29 is 4.74 Å². The normalized spacial score (nSPS) is 14.8.